The van der Waals surface area contributed by atoms with E-state index in [1.165, 1.54) is 0 Å². The number of carbonyl (C=O) groups is 1. The number of nitrogens with two attached hydrogens (primary N) is 1. The molecule has 0 aromatic heterocycles. The van der Waals surface area contributed by atoms with Crippen LogP contribution in [-0.2, 0) is 4.74 Å². The first-order valence-electron chi connectivity index (χ1n) is 5.68. The monoisotopic (exact) mass is 246 g/mol. The zero-order valence-electron chi connectivity index (χ0n) is 10.3. The van der Waals surface area contributed by atoms with E-state index in [1.54, 1.807) is 0 Å². The van der Waals surface area contributed by atoms with Crippen molar-refractivity contribution in [3.63, 3.8) is 0 Å². The van der Waals surface area contributed by atoms with Gasteiger partial charge in [-0.25, -0.2) is 4.79 Å². The van der Waals surface area contributed by atoms with Crippen molar-refractivity contribution in [3.05, 3.63) is 0 Å². The van der Waals surface area contributed by atoms with Gasteiger partial charge in [0.2, 0.25) is 0 Å². The quantitative estimate of drug-likeness (QED) is 0.776. The van der Waals surface area contributed by atoms with Gasteiger partial charge in [0.1, 0.15) is 5.60 Å². The third-order valence-electron chi connectivity index (χ3n) is 2.46. The van der Waals surface area contributed by atoms with E-state index in [1.807, 2.05) is 32.5 Å². The van der Waals surface area contributed by atoms with Crippen molar-refractivity contribution < 1.29 is 9.53 Å². The first-order valence-corrected chi connectivity index (χ1v) is 6.84. The number of carbonyl (C=O) groups excluding carboxylic acids is 1. The SMILES string of the molecule is CC(C)(C)OC(=O)NC[C@@H]1CCSC[C@@H]1N. The van der Waals surface area contributed by atoms with Crippen LogP contribution in [0.5, 0.6) is 0 Å². The molecule has 0 bridgehead atoms. The van der Waals surface area contributed by atoms with E-state index in [2.05, 4.69) is 5.32 Å². The van der Waals surface area contributed by atoms with E-state index >= 15 is 0 Å². The van der Waals surface area contributed by atoms with Gasteiger partial charge in [0.05, 0.1) is 0 Å². The Balaban J connectivity index is 2.25. The van der Waals surface area contributed by atoms with Gasteiger partial charge in [0.25, 0.3) is 0 Å². The Morgan fingerprint density at radius 2 is 2.25 bits per heavy atom. The van der Waals surface area contributed by atoms with Crippen molar-refractivity contribution in [2.75, 3.05) is 18.1 Å². The minimum atomic E-state index is -0.436. The maximum absolute atomic E-state index is 11.4. The standard InChI is InChI=1S/C11H22N2O2S/c1-11(2,3)15-10(14)13-6-8-4-5-16-7-9(8)12/h8-9H,4-7,12H2,1-3H3,(H,13,14)/t8-,9-/m0/s1. The molecule has 1 saturated heterocycles. The molecule has 0 saturated carbocycles. The predicted molar refractivity (Wildman–Crippen MR) is 67.6 cm³/mol. The first kappa shape index (κ1) is 13.6. The molecule has 2 atom stereocenters. The van der Waals surface area contributed by atoms with Gasteiger partial charge in [-0.15, -0.1) is 0 Å². The summed E-state index contributed by atoms with van der Waals surface area (Å²) in [6.07, 6.45) is 0.722. The van der Waals surface area contributed by atoms with Crippen LogP contribution in [0.25, 0.3) is 0 Å². The second-order valence-electron chi connectivity index (χ2n) is 5.17. The highest BCUT2D eigenvalue weighted by atomic mass is 32.2. The summed E-state index contributed by atoms with van der Waals surface area (Å²) in [4.78, 5) is 11.4. The molecule has 0 unspecified atom stereocenters. The average molecular weight is 246 g/mol. The maximum Gasteiger partial charge on any atom is 0.407 e. The van der Waals surface area contributed by atoms with Crippen molar-refractivity contribution >= 4 is 17.9 Å². The summed E-state index contributed by atoms with van der Waals surface area (Å²) < 4.78 is 5.17. The summed E-state index contributed by atoms with van der Waals surface area (Å²) in [5, 5.41) is 2.79. The second kappa shape index (κ2) is 5.77. The van der Waals surface area contributed by atoms with Gasteiger partial charge in [0.15, 0.2) is 0 Å². The summed E-state index contributed by atoms with van der Waals surface area (Å²) >= 11 is 1.88. The molecule has 0 spiro atoms. The zero-order valence-corrected chi connectivity index (χ0v) is 11.1. The number of hydrogen-bond acceptors (Lipinski definition) is 4. The van der Waals surface area contributed by atoms with Gasteiger partial charge >= 0.3 is 6.09 Å². The Bertz CT molecular complexity index is 241. The summed E-state index contributed by atoms with van der Waals surface area (Å²) in [6, 6.07) is 0.189. The molecule has 0 radical (unpaired) electrons. The van der Waals surface area contributed by atoms with Gasteiger partial charge in [-0.3, -0.25) is 0 Å². The molecule has 1 aliphatic rings. The van der Waals surface area contributed by atoms with E-state index in [4.69, 9.17) is 10.5 Å². The molecule has 94 valence electrons. The fraction of sp³-hybridized carbons (Fsp3) is 0.909. The van der Waals surface area contributed by atoms with Crippen molar-refractivity contribution in [1.29, 1.82) is 0 Å². The van der Waals surface area contributed by atoms with E-state index in [0.717, 1.165) is 17.9 Å². The number of hydrogen-bond donors (Lipinski definition) is 2. The third-order valence-corrected chi connectivity index (χ3v) is 3.60. The van der Waals surface area contributed by atoms with Crippen LogP contribution in [0, 0.1) is 5.92 Å². The summed E-state index contributed by atoms with van der Waals surface area (Å²) in [5.41, 5.74) is 5.54. The lowest BCUT2D eigenvalue weighted by atomic mass is 9.98. The molecular weight excluding hydrogens is 224 g/mol. The molecule has 0 aromatic rings. The van der Waals surface area contributed by atoms with Crippen molar-refractivity contribution in [3.8, 4) is 0 Å². The predicted octanol–water partition coefficient (Wildman–Crippen LogP) is 1.59. The van der Waals surface area contributed by atoms with Gasteiger partial charge in [-0.2, -0.15) is 11.8 Å². The lowest BCUT2D eigenvalue weighted by Gasteiger charge is -2.28. The fourth-order valence-electron chi connectivity index (χ4n) is 1.59. The molecule has 16 heavy (non-hydrogen) atoms. The Morgan fingerprint density at radius 3 is 2.81 bits per heavy atom. The molecule has 0 aromatic carbocycles. The van der Waals surface area contributed by atoms with Crippen molar-refractivity contribution in [1.82, 2.24) is 5.32 Å². The number of nitrogens with one attached hydrogen (secondary N) is 1. The van der Waals surface area contributed by atoms with Crippen LogP contribution in [0.15, 0.2) is 0 Å². The van der Waals surface area contributed by atoms with Crippen molar-refractivity contribution in [2.45, 2.75) is 38.8 Å². The highest BCUT2D eigenvalue weighted by molar-refractivity contribution is 7.99. The topological polar surface area (TPSA) is 64.3 Å². The van der Waals surface area contributed by atoms with E-state index in [-0.39, 0.29) is 12.1 Å². The van der Waals surface area contributed by atoms with Crippen LogP contribution in [0.2, 0.25) is 0 Å². The Hall–Kier alpha value is -0.420. The number of thioether (sulfide) groups is 1. The molecule has 1 fully saturated rings. The van der Waals surface area contributed by atoms with Crippen LogP contribution >= 0.6 is 11.8 Å². The highest BCUT2D eigenvalue weighted by Crippen LogP contribution is 2.21. The number of ether oxygens (including phenoxy) is 1. The molecule has 1 amide bonds. The highest BCUT2D eigenvalue weighted by Gasteiger charge is 2.23. The first-order chi connectivity index (χ1) is 7.38. The van der Waals surface area contributed by atoms with Crippen LogP contribution in [0.3, 0.4) is 0 Å². The molecule has 3 N–H and O–H groups in total. The molecule has 4 nitrogen and oxygen atoms in total. The Morgan fingerprint density at radius 1 is 1.56 bits per heavy atom. The number of amides is 1. The Labute approximate surface area is 102 Å². The Kier molecular flexibility index (Phi) is 4.92. The molecule has 1 aliphatic heterocycles. The van der Waals surface area contributed by atoms with Crippen LogP contribution in [0.4, 0.5) is 4.79 Å². The molecular formula is C11H22N2O2S. The fourth-order valence-corrected chi connectivity index (χ4v) is 2.77. The molecule has 1 rings (SSSR count). The molecule has 5 heteroatoms. The van der Waals surface area contributed by atoms with E-state index in [9.17, 15) is 4.79 Å². The summed E-state index contributed by atoms with van der Waals surface area (Å²) in [5.74, 6) is 2.50. The normalized spacial score (nSPS) is 26.2. The van der Waals surface area contributed by atoms with Crippen LogP contribution < -0.4 is 11.1 Å². The summed E-state index contributed by atoms with van der Waals surface area (Å²) in [6.45, 7) is 6.19. The lowest BCUT2D eigenvalue weighted by molar-refractivity contribution is 0.0517. The lowest BCUT2D eigenvalue weighted by Crippen LogP contribution is -2.44. The maximum atomic E-state index is 11.4. The van der Waals surface area contributed by atoms with Crippen LogP contribution in [-0.4, -0.2) is 35.8 Å². The number of alkyl carbamates (subject to hydrolysis) is 1. The minimum absolute atomic E-state index is 0.189. The van der Waals surface area contributed by atoms with Crippen LogP contribution in [0.1, 0.15) is 27.2 Å². The van der Waals surface area contributed by atoms with Gasteiger partial charge < -0.3 is 15.8 Å². The summed E-state index contributed by atoms with van der Waals surface area (Å²) in [7, 11) is 0. The van der Waals surface area contributed by atoms with E-state index < -0.39 is 5.60 Å². The van der Waals surface area contributed by atoms with Gasteiger partial charge in [0, 0.05) is 18.3 Å². The minimum Gasteiger partial charge on any atom is -0.444 e. The molecule has 1 heterocycles. The zero-order chi connectivity index (χ0) is 12.2. The number of rotatable bonds is 2. The van der Waals surface area contributed by atoms with Crippen molar-refractivity contribution in [2.24, 2.45) is 11.7 Å². The third kappa shape index (κ3) is 5.07. The smallest absolute Gasteiger partial charge is 0.407 e. The average Bonchev–Trinajstić information content (AvgIpc) is 2.14. The van der Waals surface area contributed by atoms with Gasteiger partial charge in [-0.05, 0) is 38.9 Å². The van der Waals surface area contributed by atoms with E-state index in [0.29, 0.717) is 12.5 Å². The second-order valence-corrected chi connectivity index (χ2v) is 6.32. The molecule has 0 aliphatic carbocycles. The largest absolute Gasteiger partial charge is 0.444 e. The van der Waals surface area contributed by atoms with Gasteiger partial charge in [-0.1, -0.05) is 0 Å².